The average Bonchev–Trinajstić information content (AvgIpc) is 3.38. The van der Waals surface area contributed by atoms with Gasteiger partial charge in [-0.3, -0.25) is 9.69 Å². The Hall–Kier alpha value is -2.21. The predicted molar refractivity (Wildman–Crippen MR) is 109 cm³/mol. The summed E-state index contributed by atoms with van der Waals surface area (Å²) in [5.74, 6) is 2.63. The number of amides is 1. The van der Waals surface area contributed by atoms with E-state index in [1.54, 1.807) is 0 Å². The topological polar surface area (TPSA) is 54.3 Å². The number of rotatable bonds is 6. The number of benzene rings is 1. The molecule has 2 saturated heterocycles. The normalized spacial score (nSPS) is 20.6. The van der Waals surface area contributed by atoms with E-state index in [9.17, 15) is 4.79 Å². The second kappa shape index (κ2) is 8.86. The fourth-order valence-electron chi connectivity index (χ4n) is 4.48. The Labute approximate surface area is 167 Å². The molecule has 4 rings (SSSR count). The van der Waals surface area contributed by atoms with Crippen molar-refractivity contribution in [1.82, 2.24) is 24.6 Å². The van der Waals surface area contributed by atoms with Gasteiger partial charge in [0.05, 0.1) is 6.54 Å². The molecule has 2 aliphatic rings. The number of nitrogens with zero attached hydrogens (tertiary/aromatic N) is 5. The molecule has 1 atom stereocenters. The number of piperidine rings is 1. The summed E-state index contributed by atoms with van der Waals surface area (Å²) in [6, 6.07) is 10.3. The monoisotopic (exact) mass is 381 g/mol. The lowest BCUT2D eigenvalue weighted by atomic mass is 9.96. The molecule has 1 amide bonds. The Morgan fingerprint density at radius 1 is 1.07 bits per heavy atom. The molecule has 0 bridgehead atoms. The highest BCUT2D eigenvalue weighted by molar-refractivity contribution is 5.76. The van der Waals surface area contributed by atoms with E-state index in [0.29, 0.717) is 12.3 Å². The molecule has 6 heteroatoms. The van der Waals surface area contributed by atoms with E-state index in [4.69, 9.17) is 0 Å². The molecule has 6 nitrogen and oxygen atoms in total. The maximum Gasteiger partial charge on any atom is 0.222 e. The minimum absolute atomic E-state index is 0.257. The SMILES string of the molecule is Cn1c(CN2CCCC2)nnc1[C@@H]1CCCN(C(=O)CCc2ccccc2)C1. The lowest BCUT2D eigenvalue weighted by Gasteiger charge is -2.32. The van der Waals surface area contributed by atoms with Crippen molar-refractivity contribution in [2.45, 2.75) is 51.0 Å². The summed E-state index contributed by atoms with van der Waals surface area (Å²) < 4.78 is 2.17. The molecule has 0 unspecified atom stereocenters. The Bertz CT molecular complexity index is 781. The van der Waals surface area contributed by atoms with E-state index in [1.165, 1.54) is 18.4 Å². The summed E-state index contributed by atoms with van der Waals surface area (Å²) in [5, 5.41) is 8.99. The maximum absolute atomic E-state index is 12.7. The van der Waals surface area contributed by atoms with Crippen LogP contribution < -0.4 is 0 Å². The molecule has 3 heterocycles. The van der Waals surface area contributed by atoms with Gasteiger partial charge in [-0.15, -0.1) is 10.2 Å². The number of hydrogen-bond donors (Lipinski definition) is 0. The van der Waals surface area contributed by atoms with Crippen LogP contribution in [0.3, 0.4) is 0 Å². The quantitative estimate of drug-likeness (QED) is 0.772. The van der Waals surface area contributed by atoms with Gasteiger partial charge in [-0.05, 0) is 50.8 Å². The van der Waals surface area contributed by atoms with Crippen molar-refractivity contribution in [2.24, 2.45) is 7.05 Å². The first-order chi connectivity index (χ1) is 13.7. The van der Waals surface area contributed by atoms with Gasteiger partial charge in [0.2, 0.25) is 5.91 Å². The average molecular weight is 382 g/mol. The van der Waals surface area contributed by atoms with E-state index in [-0.39, 0.29) is 5.91 Å². The third-order valence-electron chi connectivity index (χ3n) is 6.17. The molecule has 2 aliphatic heterocycles. The largest absolute Gasteiger partial charge is 0.342 e. The van der Waals surface area contributed by atoms with Crippen LogP contribution in [0.5, 0.6) is 0 Å². The van der Waals surface area contributed by atoms with E-state index < -0.39 is 0 Å². The van der Waals surface area contributed by atoms with E-state index >= 15 is 0 Å². The van der Waals surface area contributed by atoms with E-state index in [0.717, 1.165) is 63.6 Å². The second-order valence-corrected chi connectivity index (χ2v) is 8.18. The van der Waals surface area contributed by atoms with Gasteiger partial charge in [-0.1, -0.05) is 30.3 Å². The summed E-state index contributed by atoms with van der Waals surface area (Å²) in [6.07, 6.45) is 6.08. The van der Waals surface area contributed by atoms with Crippen molar-refractivity contribution in [2.75, 3.05) is 26.2 Å². The van der Waals surface area contributed by atoms with Crippen LogP contribution in [0.4, 0.5) is 0 Å². The van der Waals surface area contributed by atoms with Gasteiger partial charge in [0.1, 0.15) is 11.6 Å². The Morgan fingerprint density at radius 2 is 1.86 bits per heavy atom. The van der Waals surface area contributed by atoms with Gasteiger partial charge < -0.3 is 9.47 Å². The van der Waals surface area contributed by atoms with Gasteiger partial charge in [0.15, 0.2) is 0 Å². The molecule has 1 aromatic carbocycles. The summed E-state index contributed by atoms with van der Waals surface area (Å²) in [5.41, 5.74) is 1.23. The molecular formula is C22H31N5O. The third kappa shape index (κ3) is 4.43. The summed E-state index contributed by atoms with van der Waals surface area (Å²) in [6.45, 7) is 4.84. The van der Waals surface area contributed by atoms with Crippen LogP contribution in [0.25, 0.3) is 0 Å². The number of carbonyl (C=O) groups is 1. The number of hydrogen-bond acceptors (Lipinski definition) is 4. The van der Waals surface area contributed by atoms with Gasteiger partial charge in [-0.2, -0.15) is 0 Å². The molecule has 28 heavy (non-hydrogen) atoms. The lowest BCUT2D eigenvalue weighted by molar-refractivity contribution is -0.132. The molecule has 0 N–H and O–H groups in total. The van der Waals surface area contributed by atoms with Crippen molar-refractivity contribution < 1.29 is 4.79 Å². The van der Waals surface area contributed by atoms with Gasteiger partial charge in [0.25, 0.3) is 0 Å². The van der Waals surface area contributed by atoms with E-state index in [2.05, 4.69) is 38.8 Å². The molecule has 0 spiro atoms. The minimum Gasteiger partial charge on any atom is -0.342 e. The molecule has 0 radical (unpaired) electrons. The first-order valence-corrected chi connectivity index (χ1v) is 10.6. The Morgan fingerprint density at radius 3 is 2.64 bits per heavy atom. The summed E-state index contributed by atoms with van der Waals surface area (Å²) in [4.78, 5) is 17.2. The van der Waals surface area contributed by atoms with Crippen molar-refractivity contribution in [3.8, 4) is 0 Å². The van der Waals surface area contributed by atoms with Gasteiger partial charge >= 0.3 is 0 Å². The predicted octanol–water partition coefficient (Wildman–Crippen LogP) is 2.75. The minimum atomic E-state index is 0.257. The van der Waals surface area contributed by atoms with Gasteiger partial charge in [0, 0.05) is 32.5 Å². The molecule has 2 aromatic rings. The fraction of sp³-hybridized carbons (Fsp3) is 0.591. The van der Waals surface area contributed by atoms with Crippen molar-refractivity contribution >= 4 is 5.91 Å². The number of likely N-dealkylation sites (tertiary alicyclic amines) is 2. The molecule has 0 aliphatic carbocycles. The highest BCUT2D eigenvalue weighted by Gasteiger charge is 2.28. The third-order valence-corrected chi connectivity index (χ3v) is 6.17. The van der Waals surface area contributed by atoms with Gasteiger partial charge in [-0.25, -0.2) is 0 Å². The van der Waals surface area contributed by atoms with Crippen molar-refractivity contribution in [3.63, 3.8) is 0 Å². The zero-order valence-corrected chi connectivity index (χ0v) is 16.9. The van der Waals surface area contributed by atoms with Crippen LogP contribution >= 0.6 is 0 Å². The zero-order chi connectivity index (χ0) is 19.3. The number of aromatic nitrogens is 3. The number of aryl methyl sites for hydroxylation is 1. The van der Waals surface area contributed by atoms with Crippen LogP contribution in [0, 0.1) is 0 Å². The molecule has 0 saturated carbocycles. The first-order valence-electron chi connectivity index (χ1n) is 10.6. The molecule has 2 fully saturated rings. The van der Waals surface area contributed by atoms with Crippen LogP contribution in [0.15, 0.2) is 30.3 Å². The van der Waals surface area contributed by atoms with Crippen LogP contribution in [0.1, 0.15) is 55.2 Å². The number of carbonyl (C=O) groups excluding carboxylic acids is 1. The highest BCUT2D eigenvalue weighted by Crippen LogP contribution is 2.26. The summed E-state index contributed by atoms with van der Waals surface area (Å²) in [7, 11) is 2.08. The van der Waals surface area contributed by atoms with E-state index in [1.807, 2.05) is 23.1 Å². The van der Waals surface area contributed by atoms with Crippen LogP contribution in [0.2, 0.25) is 0 Å². The Kier molecular flexibility index (Phi) is 6.05. The van der Waals surface area contributed by atoms with Crippen molar-refractivity contribution in [3.05, 3.63) is 47.5 Å². The highest BCUT2D eigenvalue weighted by atomic mass is 16.2. The fourth-order valence-corrected chi connectivity index (χ4v) is 4.48. The summed E-state index contributed by atoms with van der Waals surface area (Å²) >= 11 is 0. The lowest BCUT2D eigenvalue weighted by Crippen LogP contribution is -2.39. The van der Waals surface area contributed by atoms with Crippen LogP contribution in [-0.4, -0.2) is 56.7 Å². The van der Waals surface area contributed by atoms with Crippen molar-refractivity contribution in [1.29, 1.82) is 0 Å². The zero-order valence-electron chi connectivity index (χ0n) is 16.9. The van der Waals surface area contributed by atoms with Crippen LogP contribution in [-0.2, 0) is 24.8 Å². The standard InChI is InChI=1S/C22H31N5O/c1-25-20(17-26-13-5-6-14-26)23-24-22(25)19-10-7-15-27(16-19)21(28)12-11-18-8-3-2-4-9-18/h2-4,8-9,19H,5-7,10-17H2,1H3/t19-/m1/s1. The molecular weight excluding hydrogens is 350 g/mol. The first kappa shape index (κ1) is 19.1. The second-order valence-electron chi connectivity index (χ2n) is 8.18. The maximum atomic E-state index is 12.7. The Balaban J connectivity index is 1.35. The molecule has 1 aromatic heterocycles. The smallest absolute Gasteiger partial charge is 0.222 e. The molecule has 150 valence electrons.